The van der Waals surface area contributed by atoms with E-state index >= 15 is 0 Å². The number of carboxylic acid groups (broad SMARTS) is 1. The number of aliphatic carboxylic acids is 1. The van der Waals surface area contributed by atoms with E-state index in [1.54, 1.807) is 11.3 Å². The quantitative estimate of drug-likeness (QED) is 0.852. The fraction of sp³-hybridized carbons (Fsp3) is 0.500. The van der Waals surface area contributed by atoms with Gasteiger partial charge in [0.05, 0.1) is 10.6 Å². The first-order valence-electron chi connectivity index (χ1n) is 7.00. The molecule has 7 heteroatoms. The van der Waals surface area contributed by atoms with Crippen molar-refractivity contribution >= 4 is 29.1 Å². The third-order valence-corrected chi connectivity index (χ3v) is 5.67. The van der Waals surface area contributed by atoms with Gasteiger partial charge in [0.2, 0.25) is 0 Å². The Morgan fingerprint density at radius 3 is 3.00 bits per heavy atom. The van der Waals surface area contributed by atoms with E-state index in [2.05, 4.69) is 21.7 Å². The van der Waals surface area contributed by atoms with Gasteiger partial charge in [-0.3, -0.25) is 9.36 Å². The lowest BCUT2D eigenvalue weighted by atomic mass is 10.1. The Bertz CT molecular complexity index is 624. The zero-order valence-electron chi connectivity index (χ0n) is 11.7. The van der Waals surface area contributed by atoms with Gasteiger partial charge < -0.3 is 5.11 Å². The molecule has 3 rings (SSSR count). The highest BCUT2D eigenvalue weighted by Gasteiger charge is 2.30. The highest BCUT2D eigenvalue weighted by molar-refractivity contribution is 7.99. The molecule has 2 atom stereocenters. The number of aromatic nitrogens is 3. The van der Waals surface area contributed by atoms with E-state index in [1.165, 1.54) is 24.6 Å². The summed E-state index contributed by atoms with van der Waals surface area (Å²) in [5.41, 5.74) is 0. The lowest BCUT2D eigenvalue weighted by Gasteiger charge is -2.20. The standard InChI is InChI=1S/C14H17N3O2S2/c1-9-4-2-5-10(9)17-13(11-6-3-7-20-11)15-16-14(17)21-8-12(18)19/h3,6-7,9-10H,2,4-5,8H2,1H3,(H,18,19). The van der Waals surface area contributed by atoms with Crippen molar-refractivity contribution < 1.29 is 9.90 Å². The zero-order chi connectivity index (χ0) is 14.8. The summed E-state index contributed by atoms with van der Waals surface area (Å²) in [6.07, 6.45) is 3.52. The van der Waals surface area contributed by atoms with Crippen molar-refractivity contribution in [1.82, 2.24) is 14.8 Å². The highest BCUT2D eigenvalue weighted by Crippen LogP contribution is 2.40. The summed E-state index contributed by atoms with van der Waals surface area (Å²) in [5.74, 6) is 0.635. The van der Waals surface area contributed by atoms with Crippen molar-refractivity contribution in [2.45, 2.75) is 37.4 Å². The molecule has 2 heterocycles. The van der Waals surface area contributed by atoms with Gasteiger partial charge in [0.1, 0.15) is 0 Å². The summed E-state index contributed by atoms with van der Waals surface area (Å²) in [7, 11) is 0. The molecule has 1 N–H and O–H groups in total. The third-order valence-electron chi connectivity index (χ3n) is 3.88. The summed E-state index contributed by atoms with van der Waals surface area (Å²) in [4.78, 5) is 11.9. The van der Waals surface area contributed by atoms with Crippen LogP contribution in [0, 0.1) is 5.92 Å². The zero-order valence-corrected chi connectivity index (χ0v) is 13.4. The van der Waals surface area contributed by atoms with Crippen LogP contribution in [0.3, 0.4) is 0 Å². The lowest BCUT2D eigenvalue weighted by Crippen LogP contribution is -2.14. The molecule has 21 heavy (non-hydrogen) atoms. The number of hydrogen-bond acceptors (Lipinski definition) is 5. The van der Waals surface area contributed by atoms with Gasteiger partial charge in [-0.15, -0.1) is 21.5 Å². The molecule has 2 aromatic heterocycles. The van der Waals surface area contributed by atoms with E-state index in [0.29, 0.717) is 12.0 Å². The molecule has 1 saturated carbocycles. The van der Waals surface area contributed by atoms with Crippen molar-refractivity contribution in [2.75, 3.05) is 5.75 Å². The molecule has 112 valence electrons. The topological polar surface area (TPSA) is 68.0 Å². The van der Waals surface area contributed by atoms with Crippen molar-refractivity contribution in [3.8, 4) is 10.7 Å². The molecule has 1 fully saturated rings. The van der Waals surface area contributed by atoms with E-state index < -0.39 is 5.97 Å². The smallest absolute Gasteiger partial charge is 0.313 e. The summed E-state index contributed by atoms with van der Waals surface area (Å²) in [6.45, 7) is 2.25. The predicted molar refractivity (Wildman–Crippen MR) is 83.7 cm³/mol. The van der Waals surface area contributed by atoms with Crippen LogP contribution in [0.4, 0.5) is 0 Å². The number of carboxylic acids is 1. The Balaban J connectivity index is 1.99. The first kappa shape index (κ1) is 14.6. The molecule has 2 unspecified atom stereocenters. The van der Waals surface area contributed by atoms with E-state index in [-0.39, 0.29) is 5.75 Å². The second-order valence-corrected chi connectivity index (χ2v) is 7.20. The van der Waals surface area contributed by atoms with Crippen LogP contribution < -0.4 is 0 Å². The van der Waals surface area contributed by atoms with Crippen molar-refractivity contribution in [3.63, 3.8) is 0 Å². The fourth-order valence-electron chi connectivity index (χ4n) is 2.88. The monoisotopic (exact) mass is 323 g/mol. The highest BCUT2D eigenvalue weighted by atomic mass is 32.2. The van der Waals surface area contributed by atoms with Gasteiger partial charge in [0.15, 0.2) is 11.0 Å². The van der Waals surface area contributed by atoms with Crippen molar-refractivity contribution in [1.29, 1.82) is 0 Å². The van der Waals surface area contributed by atoms with Gasteiger partial charge in [-0.1, -0.05) is 31.2 Å². The first-order valence-corrected chi connectivity index (χ1v) is 8.86. The second kappa shape index (κ2) is 6.19. The molecule has 0 saturated heterocycles. The number of hydrogen-bond donors (Lipinski definition) is 1. The minimum atomic E-state index is -0.827. The Morgan fingerprint density at radius 2 is 2.38 bits per heavy atom. The maximum atomic E-state index is 10.8. The molecule has 0 aromatic carbocycles. The molecule has 1 aliphatic rings. The number of rotatable bonds is 5. The molecule has 0 spiro atoms. The number of thiophene rings is 1. The maximum Gasteiger partial charge on any atom is 0.313 e. The van der Waals surface area contributed by atoms with Crippen LogP contribution in [0.5, 0.6) is 0 Å². The molecular formula is C14H17N3O2S2. The first-order chi connectivity index (χ1) is 10.2. The molecule has 0 bridgehead atoms. The molecule has 0 aliphatic heterocycles. The van der Waals surface area contributed by atoms with Crippen LogP contribution in [-0.2, 0) is 4.79 Å². The Morgan fingerprint density at radius 1 is 1.52 bits per heavy atom. The van der Waals surface area contributed by atoms with Crippen LogP contribution in [0.1, 0.15) is 32.2 Å². The predicted octanol–water partition coefficient (Wildman–Crippen LogP) is 3.54. The van der Waals surface area contributed by atoms with Gasteiger partial charge in [-0.05, 0) is 30.2 Å². The minimum absolute atomic E-state index is 0.0175. The van der Waals surface area contributed by atoms with Gasteiger partial charge in [0, 0.05) is 6.04 Å². The third kappa shape index (κ3) is 2.98. The minimum Gasteiger partial charge on any atom is -0.481 e. The van der Waals surface area contributed by atoms with Crippen molar-refractivity contribution in [3.05, 3.63) is 17.5 Å². The summed E-state index contributed by atoms with van der Waals surface area (Å²) in [6, 6.07) is 4.41. The van der Waals surface area contributed by atoms with E-state index in [1.807, 2.05) is 17.5 Å². The lowest BCUT2D eigenvalue weighted by molar-refractivity contribution is -0.133. The average Bonchev–Trinajstić information content (AvgIpc) is 3.15. The van der Waals surface area contributed by atoms with Gasteiger partial charge >= 0.3 is 5.97 Å². The van der Waals surface area contributed by atoms with Gasteiger partial charge in [0.25, 0.3) is 0 Å². The van der Waals surface area contributed by atoms with Crippen LogP contribution in [-0.4, -0.2) is 31.6 Å². The molecule has 0 radical (unpaired) electrons. The largest absolute Gasteiger partial charge is 0.481 e. The van der Waals surface area contributed by atoms with Crippen LogP contribution in [0.2, 0.25) is 0 Å². The normalized spacial score (nSPS) is 21.8. The second-order valence-electron chi connectivity index (χ2n) is 5.31. The molecule has 0 amide bonds. The summed E-state index contributed by atoms with van der Waals surface area (Å²) in [5, 5.41) is 20.2. The van der Waals surface area contributed by atoms with Crippen molar-refractivity contribution in [2.24, 2.45) is 5.92 Å². The van der Waals surface area contributed by atoms with Gasteiger partial charge in [-0.25, -0.2) is 0 Å². The Hall–Kier alpha value is -1.34. The average molecular weight is 323 g/mol. The number of thioether (sulfide) groups is 1. The molecular weight excluding hydrogens is 306 g/mol. The SMILES string of the molecule is CC1CCCC1n1c(SCC(=O)O)nnc1-c1cccs1. The molecule has 2 aromatic rings. The molecule has 5 nitrogen and oxygen atoms in total. The number of nitrogens with zero attached hydrogens (tertiary/aromatic N) is 3. The number of carbonyl (C=O) groups is 1. The Kier molecular flexibility index (Phi) is 4.30. The maximum absolute atomic E-state index is 10.8. The van der Waals surface area contributed by atoms with E-state index in [9.17, 15) is 4.79 Å². The summed E-state index contributed by atoms with van der Waals surface area (Å²) < 4.78 is 2.16. The fourth-order valence-corrected chi connectivity index (χ4v) is 4.30. The Labute approximate surface area is 131 Å². The molecule has 1 aliphatic carbocycles. The van der Waals surface area contributed by atoms with Crippen LogP contribution >= 0.6 is 23.1 Å². The van der Waals surface area contributed by atoms with Crippen LogP contribution in [0.25, 0.3) is 10.7 Å². The van der Waals surface area contributed by atoms with E-state index in [0.717, 1.165) is 22.3 Å². The summed E-state index contributed by atoms with van der Waals surface area (Å²) >= 11 is 2.90. The van der Waals surface area contributed by atoms with Gasteiger partial charge in [-0.2, -0.15) is 0 Å². The van der Waals surface area contributed by atoms with Crippen LogP contribution in [0.15, 0.2) is 22.7 Å². The van der Waals surface area contributed by atoms with E-state index in [4.69, 9.17) is 5.11 Å².